The number of ether oxygens (including phenoxy) is 2. The predicted octanol–water partition coefficient (Wildman–Crippen LogP) is 4.10. The average Bonchev–Trinajstić information content (AvgIpc) is 2.72. The summed E-state index contributed by atoms with van der Waals surface area (Å²) in [6.45, 7) is 4.61. The number of Topliss-reactive ketones (excluding diaryl/α,β-unsaturated/α-hetero) is 2. The number of carbonyl (C=O) groups excluding carboxylic acids is 2. The predicted molar refractivity (Wildman–Crippen MR) is 119 cm³/mol. The zero-order valence-corrected chi connectivity index (χ0v) is 18.6. The molecular formula is C25H29NO5. The van der Waals surface area contributed by atoms with E-state index in [4.69, 9.17) is 9.47 Å². The largest absolute Gasteiger partial charge is 0.497 e. The van der Waals surface area contributed by atoms with Crippen molar-refractivity contribution in [3.8, 4) is 11.5 Å². The van der Waals surface area contributed by atoms with E-state index >= 15 is 0 Å². The molecule has 0 unspecified atom stereocenters. The Morgan fingerprint density at radius 1 is 1.03 bits per heavy atom. The fourth-order valence-corrected chi connectivity index (χ4v) is 4.53. The Morgan fingerprint density at radius 2 is 1.68 bits per heavy atom. The average molecular weight is 424 g/mol. The van der Waals surface area contributed by atoms with Crippen LogP contribution in [0.15, 0.2) is 59.8 Å². The van der Waals surface area contributed by atoms with Crippen LogP contribution >= 0.6 is 0 Å². The number of anilines is 1. The molecule has 0 heterocycles. The molecule has 0 aliphatic heterocycles. The van der Waals surface area contributed by atoms with E-state index in [0.717, 1.165) is 11.3 Å². The van der Waals surface area contributed by atoms with Crippen molar-refractivity contribution < 1.29 is 24.2 Å². The van der Waals surface area contributed by atoms with Gasteiger partial charge in [-0.2, -0.15) is 0 Å². The summed E-state index contributed by atoms with van der Waals surface area (Å²) in [5, 5.41) is 14.6. The number of allylic oxidation sites excluding steroid dienone is 1. The van der Waals surface area contributed by atoms with Crippen LogP contribution in [0, 0.1) is 5.92 Å². The third-order valence-electron chi connectivity index (χ3n) is 5.83. The van der Waals surface area contributed by atoms with Gasteiger partial charge in [0.15, 0.2) is 5.78 Å². The Morgan fingerprint density at radius 3 is 2.23 bits per heavy atom. The number of nitrogens with one attached hydrogen (secondary N) is 1. The number of hydrogen-bond donors (Lipinski definition) is 2. The van der Waals surface area contributed by atoms with E-state index in [1.807, 2.05) is 42.5 Å². The highest BCUT2D eigenvalue weighted by Crippen LogP contribution is 2.48. The van der Waals surface area contributed by atoms with E-state index in [2.05, 4.69) is 5.32 Å². The zero-order chi connectivity index (χ0) is 22.8. The molecule has 3 rings (SSSR count). The fraction of sp³-hybridized carbons (Fsp3) is 0.360. The van der Waals surface area contributed by atoms with Gasteiger partial charge in [0, 0.05) is 29.3 Å². The second kappa shape index (κ2) is 8.94. The molecule has 1 aliphatic rings. The van der Waals surface area contributed by atoms with Gasteiger partial charge in [0.05, 0.1) is 25.7 Å². The Balaban J connectivity index is 2.18. The lowest BCUT2D eigenvalue weighted by atomic mass is 9.64. The van der Waals surface area contributed by atoms with Crippen LogP contribution in [0.5, 0.6) is 11.5 Å². The van der Waals surface area contributed by atoms with Crippen molar-refractivity contribution in [1.82, 2.24) is 0 Å². The minimum absolute atomic E-state index is 0.148. The molecule has 2 aromatic rings. The standard InChI is InChI=1S/C25H29NO5/c1-15(27)22-21(26-18-9-11-19(30-4)12-10-18)14-25(3,29)24(16(2)28)23(22)17-7-6-8-20(13-17)31-5/h6-13,23-24,26,29H,14H2,1-5H3/t23-,24-,25-/m0/s1. The van der Waals surface area contributed by atoms with Gasteiger partial charge in [0.25, 0.3) is 0 Å². The summed E-state index contributed by atoms with van der Waals surface area (Å²) in [6.07, 6.45) is 0.151. The molecule has 3 atom stereocenters. The maximum Gasteiger partial charge on any atom is 0.158 e. The molecule has 0 amide bonds. The summed E-state index contributed by atoms with van der Waals surface area (Å²) in [6, 6.07) is 14.6. The molecule has 0 radical (unpaired) electrons. The van der Waals surface area contributed by atoms with Crippen LogP contribution in [-0.4, -0.2) is 36.5 Å². The SMILES string of the molecule is COc1ccc(NC2=C(C(C)=O)[C@H](c3cccc(OC)c3)[C@H](C(C)=O)[C@@](C)(O)C2)cc1. The Bertz CT molecular complexity index is 1010. The van der Waals surface area contributed by atoms with Crippen molar-refractivity contribution in [3.63, 3.8) is 0 Å². The number of carbonyl (C=O) groups is 2. The van der Waals surface area contributed by atoms with Gasteiger partial charge in [-0.05, 0) is 62.7 Å². The highest BCUT2D eigenvalue weighted by atomic mass is 16.5. The lowest BCUT2D eigenvalue weighted by Gasteiger charge is -2.43. The van der Waals surface area contributed by atoms with Gasteiger partial charge in [0.1, 0.15) is 17.3 Å². The third kappa shape index (κ3) is 4.64. The third-order valence-corrected chi connectivity index (χ3v) is 5.83. The summed E-state index contributed by atoms with van der Waals surface area (Å²) in [4.78, 5) is 25.6. The van der Waals surface area contributed by atoms with Crippen LogP contribution in [-0.2, 0) is 9.59 Å². The topological polar surface area (TPSA) is 84.9 Å². The highest BCUT2D eigenvalue weighted by Gasteiger charge is 2.49. The van der Waals surface area contributed by atoms with Crippen LogP contribution < -0.4 is 14.8 Å². The number of ketones is 2. The van der Waals surface area contributed by atoms with E-state index in [9.17, 15) is 14.7 Å². The quantitative estimate of drug-likeness (QED) is 0.697. The van der Waals surface area contributed by atoms with Gasteiger partial charge in [-0.1, -0.05) is 12.1 Å². The van der Waals surface area contributed by atoms with Crippen LogP contribution in [0.2, 0.25) is 0 Å². The molecule has 2 aromatic carbocycles. The van der Waals surface area contributed by atoms with E-state index in [1.165, 1.54) is 13.8 Å². The van der Waals surface area contributed by atoms with Crippen molar-refractivity contribution in [2.45, 2.75) is 38.7 Å². The molecule has 0 spiro atoms. The summed E-state index contributed by atoms with van der Waals surface area (Å²) in [7, 11) is 3.16. The molecule has 31 heavy (non-hydrogen) atoms. The number of hydrogen-bond acceptors (Lipinski definition) is 6. The molecule has 6 nitrogen and oxygen atoms in total. The van der Waals surface area contributed by atoms with Crippen molar-refractivity contribution in [1.29, 1.82) is 0 Å². The maximum atomic E-state index is 12.9. The Hall–Kier alpha value is -3.12. The van der Waals surface area contributed by atoms with Gasteiger partial charge in [-0.3, -0.25) is 9.59 Å². The molecule has 0 saturated heterocycles. The summed E-state index contributed by atoms with van der Waals surface area (Å²) in [5.74, 6) is -0.342. The minimum Gasteiger partial charge on any atom is -0.497 e. The van der Waals surface area contributed by atoms with Crippen LogP contribution in [0.3, 0.4) is 0 Å². The normalized spacial score (nSPS) is 23.3. The summed E-state index contributed by atoms with van der Waals surface area (Å²) >= 11 is 0. The first-order valence-electron chi connectivity index (χ1n) is 10.2. The van der Waals surface area contributed by atoms with Gasteiger partial charge < -0.3 is 19.9 Å². The second-order valence-corrected chi connectivity index (χ2v) is 8.18. The molecule has 6 heteroatoms. The first kappa shape index (κ1) is 22.6. The van der Waals surface area contributed by atoms with Crippen molar-refractivity contribution in [3.05, 3.63) is 65.4 Å². The van der Waals surface area contributed by atoms with E-state index < -0.39 is 17.4 Å². The van der Waals surface area contributed by atoms with Gasteiger partial charge in [-0.15, -0.1) is 0 Å². The lowest BCUT2D eigenvalue weighted by Crippen LogP contribution is -2.48. The summed E-state index contributed by atoms with van der Waals surface area (Å²) in [5.41, 5.74) is 1.27. The van der Waals surface area contributed by atoms with Crippen LogP contribution in [0.4, 0.5) is 5.69 Å². The van der Waals surface area contributed by atoms with Gasteiger partial charge in [0.2, 0.25) is 0 Å². The van der Waals surface area contributed by atoms with Crippen molar-refractivity contribution in [2.75, 3.05) is 19.5 Å². The number of methoxy groups -OCH3 is 2. The monoisotopic (exact) mass is 423 g/mol. The molecule has 0 saturated carbocycles. The van der Waals surface area contributed by atoms with Gasteiger partial charge >= 0.3 is 0 Å². The summed E-state index contributed by atoms with van der Waals surface area (Å²) < 4.78 is 10.6. The van der Waals surface area contributed by atoms with Gasteiger partial charge in [-0.25, -0.2) is 0 Å². The molecule has 0 bridgehead atoms. The number of aliphatic hydroxyl groups is 1. The first-order valence-corrected chi connectivity index (χ1v) is 10.2. The first-order chi connectivity index (χ1) is 14.7. The number of rotatable bonds is 7. The van der Waals surface area contributed by atoms with E-state index in [1.54, 1.807) is 27.2 Å². The van der Waals surface area contributed by atoms with Crippen LogP contribution in [0.1, 0.15) is 38.7 Å². The maximum absolute atomic E-state index is 12.9. The number of benzene rings is 2. The Kier molecular flexibility index (Phi) is 6.51. The zero-order valence-electron chi connectivity index (χ0n) is 18.6. The van der Waals surface area contributed by atoms with Crippen LogP contribution in [0.25, 0.3) is 0 Å². The smallest absolute Gasteiger partial charge is 0.158 e. The highest BCUT2D eigenvalue weighted by molar-refractivity contribution is 5.98. The molecular weight excluding hydrogens is 394 g/mol. The molecule has 0 fully saturated rings. The molecule has 2 N–H and O–H groups in total. The molecule has 1 aliphatic carbocycles. The van der Waals surface area contributed by atoms with E-state index in [-0.39, 0.29) is 18.0 Å². The molecule has 164 valence electrons. The second-order valence-electron chi connectivity index (χ2n) is 8.18. The van der Waals surface area contributed by atoms with Crippen molar-refractivity contribution in [2.24, 2.45) is 5.92 Å². The minimum atomic E-state index is -1.34. The Labute approximate surface area is 182 Å². The van der Waals surface area contributed by atoms with Crippen molar-refractivity contribution >= 4 is 17.3 Å². The van der Waals surface area contributed by atoms with E-state index in [0.29, 0.717) is 22.8 Å². The lowest BCUT2D eigenvalue weighted by molar-refractivity contribution is -0.131. The fourth-order valence-electron chi connectivity index (χ4n) is 4.53. The molecule has 0 aromatic heterocycles.